The lowest BCUT2D eigenvalue weighted by Gasteiger charge is -2.20. The monoisotopic (exact) mass is 329 g/mol. The third-order valence-electron chi connectivity index (χ3n) is 3.04. The van der Waals surface area contributed by atoms with Crippen LogP contribution in [0, 0.1) is 5.92 Å². The first-order valence-electron chi connectivity index (χ1n) is 6.21. The van der Waals surface area contributed by atoms with Crippen LogP contribution in [0.5, 0.6) is 5.75 Å². The Morgan fingerprint density at radius 3 is 2.68 bits per heavy atom. The number of carboxylic acid groups (broad SMARTS) is 1. The Morgan fingerprint density at radius 2 is 2.21 bits per heavy atom. The summed E-state index contributed by atoms with van der Waals surface area (Å²) in [5.41, 5.74) is 1.12. The predicted molar refractivity (Wildman–Crippen MR) is 78.4 cm³/mol. The zero-order chi connectivity index (χ0) is 14.4. The standard InChI is InChI=1S/C14H20BrNO3/c1-4-11(14(17)18)9-16(2)8-10-5-6-13(19-3)12(15)7-10/h5-7,11H,4,8-9H2,1-3H3,(H,17,18). The van der Waals surface area contributed by atoms with E-state index >= 15 is 0 Å². The Kier molecular flexibility index (Phi) is 6.31. The van der Waals surface area contributed by atoms with Crippen LogP contribution in [-0.2, 0) is 11.3 Å². The summed E-state index contributed by atoms with van der Waals surface area (Å²) in [6.07, 6.45) is 0.645. The molecule has 4 nitrogen and oxygen atoms in total. The van der Waals surface area contributed by atoms with E-state index in [1.54, 1.807) is 7.11 Å². The molecule has 0 aliphatic rings. The van der Waals surface area contributed by atoms with Gasteiger partial charge in [0.15, 0.2) is 0 Å². The smallest absolute Gasteiger partial charge is 0.307 e. The Morgan fingerprint density at radius 1 is 1.53 bits per heavy atom. The zero-order valence-corrected chi connectivity index (χ0v) is 13.1. The molecule has 0 heterocycles. The van der Waals surface area contributed by atoms with Gasteiger partial charge in [0.2, 0.25) is 0 Å². The Hall–Kier alpha value is -1.07. The van der Waals surface area contributed by atoms with Gasteiger partial charge in [-0.05, 0) is 47.1 Å². The maximum Gasteiger partial charge on any atom is 0.307 e. The summed E-state index contributed by atoms with van der Waals surface area (Å²) in [6.45, 7) is 3.17. The fourth-order valence-electron chi connectivity index (χ4n) is 1.94. The number of ether oxygens (including phenoxy) is 1. The van der Waals surface area contributed by atoms with Crippen LogP contribution in [0.1, 0.15) is 18.9 Å². The van der Waals surface area contributed by atoms with E-state index in [1.807, 2.05) is 37.1 Å². The number of methoxy groups -OCH3 is 1. The number of hydrogen-bond donors (Lipinski definition) is 1. The quantitative estimate of drug-likeness (QED) is 0.835. The normalized spacial score (nSPS) is 12.5. The number of rotatable bonds is 7. The van der Waals surface area contributed by atoms with E-state index in [0.717, 1.165) is 15.8 Å². The van der Waals surface area contributed by atoms with Crippen molar-refractivity contribution < 1.29 is 14.6 Å². The molecule has 1 atom stereocenters. The van der Waals surface area contributed by atoms with Crippen molar-refractivity contribution in [3.8, 4) is 5.75 Å². The van der Waals surface area contributed by atoms with E-state index in [1.165, 1.54) is 0 Å². The molecular weight excluding hydrogens is 310 g/mol. The van der Waals surface area contributed by atoms with Gasteiger partial charge in [0.05, 0.1) is 17.5 Å². The molecular formula is C14H20BrNO3. The van der Waals surface area contributed by atoms with E-state index in [4.69, 9.17) is 9.84 Å². The molecule has 106 valence electrons. The molecule has 0 fully saturated rings. The van der Waals surface area contributed by atoms with Crippen LogP contribution in [0.3, 0.4) is 0 Å². The van der Waals surface area contributed by atoms with Crippen molar-refractivity contribution in [1.29, 1.82) is 0 Å². The van der Waals surface area contributed by atoms with E-state index in [9.17, 15) is 4.79 Å². The molecule has 0 aliphatic carbocycles. The third-order valence-corrected chi connectivity index (χ3v) is 3.66. The topological polar surface area (TPSA) is 49.8 Å². The van der Waals surface area contributed by atoms with Crippen LogP contribution in [-0.4, -0.2) is 36.7 Å². The van der Waals surface area contributed by atoms with Crippen LogP contribution in [0.4, 0.5) is 0 Å². The van der Waals surface area contributed by atoms with Crippen molar-refractivity contribution in [2.45, 2.75) is 19.9 Å². The maximum atomic E-state index is 11.0. The zero-order valence-electron chi connectivity index (χ0n) is 11.5. The van der Waals surface area contributed by atoms with Gasteiger partial charge in [0.25, 0.3) is 0 Å². The van der Waals surface area contributed by atoms with Crippen LogP contribution >= 0.6 is 15.9 Å². The van der Waals surface area contributed by atoms with Crippen LogP contribution in [0.2, 0.25) is 0 Å². The Bertz CT molecular complexity index is 437. The van der Waals surface area contributed by atoms with Gasteiger partial charge in [-0.3, -0.25) is 4.79 Å². The van der Waals surface area contributed by atoms with Crippen LogP contribution < -0.4 is 4.74 Å². The highest BCUT2D eigenvalue weighted by molar-refractivity contribution is 9.10. The molecule has 0 saturated carbocycles. The van der Waals surface area contributed by atoms with Crippen molar-refractivity contribution in [3.05, 3.63) is 28.2 Å². The highest BCUT2D eigenvalue weighted by Gasteiger charge is 2.17. The highest BCUT2D eigenvalue weighted by atomic mass is 79.9. The molecule has 0 amide bonds. The van der Waals surface area contributed by atoms with Crippen molar-refractivity contribution >= 4 is 21.9 Å². The number of hydrogen-bond acceptors (Lipinski definition) is 3. The van der Waals surface area contributed by atoms with Crippen LogP contribution in [0.25, 0.3) is 0 Å². The fourth-order valence-corrected chi connectivity index (χ4v) is 2.53. The average Bonchev–Trinajstić information content (AvgIpc) is 2.35. The third kappa shape index (κ3) is 4.84. The molecule has 1 aromatic carbocycles. The van der Waals surface area contributed by atoms with E-state index in [-0.39, 0.29) is 5.92 Å². The number of aliphatic carboxylic acids is 1. The van der Waals surface area contributed by atoms with Crippen molar-refractivity contribution in [2.24, 2.45) is 5.92 Å². The minimum atomic E-state index is -0.731. The SMILES string of the molecule is CCC(CN(C)Cc1ccc(OC)c(Br)c1)C(=O)O. The highest BCUT2D eigenvalue weighted by Crippen LogP contribution is 2.26. The number of benzene rings is 1. The maximum absolute atomic E-state index is 11.0. The van der Waals surface area contributed by atoms with E-state index in [2.05, 4.69) is 15.9 Å². The lowest BCUT2D eigenvalue weighted by molar-refractivity contribution is -0.142. The van der Waals surface area contributed by atoms with Gasteiger partial charge >= 0.3 is 5.97 Å². The molecule has 0 saturated heterocycles. The number of carboxylic acids is 1. The molecule has 0 radical (unpaired) electrons. The lowest BCUT2D eigenvalue weighted by Crippen LogP contribution is -2.29. The second-order valence-electron chi connectivity index (χ2n) is 4.61. The second-order valence-corrected chi connectivity index (χ2v) is 5.46. The molecule has 19 heavy (non-hydrogen) atoms. The van der Waals surface area contributed by atoms with Crippen LogP contribution in [0.15, 0.2) is 22.7 Å². The Labute approximate surface area is 122 Å². The molecule has 1 rings (SSSR count). The summed E-state index contributed by atoms with van der Waals surface area (Å²) < 4.78 is 6.09. The van der Waals surface area contributed by atoms with Gasteiger partial charge in [-0.1, -0.05) is 13.0 Å². The average molecular weight is 330 g/mol. The molecule has 0 aromatic heterocycles. The first kappa shape index (κ1) is 16.0. The van der Waals surface area contributed by atoms with Gasteiger partial charge in [-0.2, -0.15) is 0 Å². The lowest BCUT2D eigenvalue weighted by atomic mass is 10.1. The first-order chi connectivity index (χ1) is 8.97. The molecule has 1 aromatic rings. The summed E-state index contributed by atoms with van der Waals surface area (Å²) in [5, 5.41) is 9.05. The van der Waals surface area contributed by atoms with E-state index in [0.29, 0.717) is 19.5 Å². The van der Waals surface area contributed by atoms with Gasteiger partial charge in [0.1, 0.15) is 5.75 Å². The minimum Gasteiger partial charge on any atom is -0.496 e. The number of halogens is 1. The van der Waals surface area contributed by atoms with E-state index < -0.39 is 5.97 Å². The minimum absolute atomic E-state index is 0.313. The summed E-state index contributed by atoms with van der Waals surface area (Å²) >= 11 is 3.45. The molecule has 0 aliphatic heterocycles. The molecule has 1 N–H and O–H groups in total. The van der Waals surface area contributed by atoms with Crippen molar-refractivity contribution in [3.63, 3.8) is 0 Å². The van der Waals surface area contributed by atoms with Gasteiger partial charge in [-0.15, -0.1) is 0 Å². The summed E-state index contributed by atoms with van der Waals surface area (Å²) in [4.78, 5) is 13.0. The summed E-state index contributed by atoms with van der Waals surface area (Å²) in [6, 6.07) is 5.89. The number of carbonyl (C=O) groups is 1. The Balaban J connectivity index is 2.64. The predicted octanol–water partition coefficient (Wildman–Crippen LogP) is 3.00. The largest absolute Gasteiger partial charge is 0.496 e. The van der Waals surface area contributed by atoms with Crippen molar-refractivity contribution in [1.82, 2.24) is 4.90 Å². The van der Waals surface area contributed by atoms with Crippen molar-refractivity contribution in [2.75, 3.05) is 20.7 Å². The molecule has 0 spiro atoms. The number of nitrogens with zero attached hydrogens (tertiary/aromatic N) is 1. The van der Waals surface area contributed by atoms with Gasteiger partial charge in [-0.25, -0.2) is 0 Å². The molecule has 1 unspecified atom stereocenters. The van der Waals surface area contributed by atoms with Gasteiger partial charge in [0, 0.05) is 13.1 Å². The molecule has 0 bridgehead atoms. The summed E-state index contributed by atoms with van der Waals surface area (Å²) in [5.74, 6) is -0.250. The van der Waals surface area contributed by atoms with Gasteiger partial charge < -0.3 is 14.7 Å². The second kappa shape index (κ2) is 7.50. The fraction of sp³-hybridized carbons (Fsp3) is 0.500. The summed E-state index contributed by atoms with van der Waals surface area (Å²) in [7, 11) is 3.56. The molecule has 5 heteroatoms. The first-order valence-corrected chi connectivity index (χ1v) is 7.01.